The van der Waals surface area contributed by atoms with Gasteiger partial charge in [0.05, 0.1) is 10.3 Å². The Morgan fingerprint density at radius 2 is 2.05 bits per heavy atom. The second-order valence-electron chi connectivity index (χ2n) is 5.36. The Labute approximate surface area is 133 Å². The van der Waals surface area contributed by atoms with Crippen molar-refractivity contribution in [2.75, 3.05) is 0 Å². The number of aromatic hydroxyl groups is 1. The first-order valence-electron chi connectivity index (χ1n) is 6.71. The van der Waals surface area contributed by atoms with Crippen molar-refractivity contribution in [1.29, 1.82) is 0 Å². The number of aliphatic hydroxyl groups excluding tert-OH is 1. The summed E-state index contributed by atoms with van der Waals surface area (Å²) in [7, 11) is 0. The molecule has 0 radical (unpaired) electrons. The van der Waals surface area contributed by atoms with Gasteiger partial charge in [-0.25, -0.2) is 0 Å². The minimum atomic E-state index is -0.727. The molecule has 0 aliphatic carbocycles. The summed E-state index contributed by atoms with van der Waals surface area (Å²) in [4.78, 5) is 22.9. The van der Waals surface area contributed by atoms with Crippen LogP contribution in [0.15, 0.2) is 29.5 Å². The molecular weight excluding hydrogens is 300 g/mol. The van der Waals surface area contributed by atoms with Crippen LogP contribution in [0.1, 0.15) is 43.1 Å². The number of aliphatic hydroxyl groups is 1. The van der Waals surface area contributed by atoms with Gasteiger partial charge in [0.2, 0.25) is 5.12 Å². The molecule has 1 aliphatic heterocycles. The third kappa shape index (κ3) is 3.02. The summed E-state index contributed by atoms with van der Waals surface area (Å²) in [6.07, 6.45) is 0.307. The van der Waals surface area contributed by atoms with Gasteiger partial charge in [0.25, 0.3) is 0 Å². The topological polar surface area (TPSA) is 74.6 Å². The Morgan fingerprint density at radius 3 is 2.55 bits per heavy atom. The van der Waals surface area contributed by atoms with E-state index in [1.807, 2.05) is 0 Å². The van der Waals surface area contributed by atoms with Crippen LogP contribution in [0.2, 0.25) is 0 Å². The average molecular weight is 316 g/mol. The molecule has 114 valence electrons. The fraction of sp³-hybridized carbons (Fsp3) is 0.294. The number of ketones is 1. The third-order valence-electron chi connectivity index (χ3n) is 3.52. The van der Waals surface area contributed by atoms with Crippen molar-refractivity contribution in [2.45, 2.75) is 31.9 Å². The molecule has 0 bridgehead atoms. The van der Waals surface area contributed by atoms with Gasteiger partial charge < -0.3 is 10.2 Å². The zero-order chi connectivity index (χ0) is 16.5. The van der Waals surface area contributed by atoms with Crippen LogP contribution in [0.4, 0.5) is 0 Å². The van der Waals surface area contributed by atoms with Gasteiger partial charge >= 0.3 is 0 Å². The molecule has 1 aliphatic rings. The van der Waals surface area contributed by atoms with Crippen molar-refractivity contribution in [2.24, 2.45) is 0 Å². The molecule has 5 heteroatoms. The molecule has 2 N–H and O–H groups in total. The lowest BCUT2D eigenvalue weighted by atomic mass is 10.0. The van der Waals surface area contributed by atoms with Crippen LogP contribution in [-0.2, 0) is 4.79 Å². The fourth-order valence-electron chi connectivity index (χ4n) is 2.16. The fourth-order valence-corrected chi connectivity index (χ4v) is 3.22. The molecule has 1 unspecified atom stereocenters. The molecule has 2 rings (SSSR count). The molecule has 0 amide bonds. The Bertz CT molecular complexity index is 752. The van der Waals surface area contributed by atoms with Crippen LogP contribution in [0, 0.1) is 11.8 Å². The van der Waals surface area contributed by atoms with Crippen molar-refractivity contribution < 1.29 is 19.8 Å². The highest BCUT2D eigenvalue weighted by Crippen LogP contribution is 2.44. The molecule has 22 heavy (non-hydrogen) atoms. The largest absolute Gasteiger partial charge is 0.510 e. The van der Waals surface area contributed by atoms with Crippen molar-refractivity contribution >= 4 is 22.7 Å². The second-order valence-corrected chi connectivity index (χ2v) is 6.84. The first kappa shape index (κ1) is 16.2. The average Bonchev–Trinajstić information content (AvgIpc) is 2.62. The highest BCUT2D eigenvalue weighted by molar-refractivity contribution is 8.15. The van der Waals surface area contributed by atoms with Crippen molar-refractivity contribution in [3.05, 3.63) is 40.7 Å². The summed E-state index contributed by atoms with van der Waals surface area (Å²) in [5, 5.41) is 19.6. The Hall–Kier alpha value is -2.19. The molecule has 4 nitrogen and oxygen atoms in total. The zero-order valence-electron chi connectivity index (χ0n) is 12.6. The minimum absolute atomic E-state index is 0.0755. The molecule has 1 heterocycles. The van der Waals surface area contributed by atoms with Crippen LogP contribution < -0.4 is 0 Å². The van der Waals surface area contributed by atoms with Gasteiger partial charge in [-0.1, -0.05) is 23.6 Å². The summed E-state index contributed by atoms with van der Waals surface area (Å²) in [6.45, 7) is 4.75. The lowest BCUT2D eigenvalue weighted by Gasteiger charge is -2.18. The van der Waals surface area contributed by atoms with Gasteiger partial charge in [-0.3, -0.25) is 9.59 Å². The van der Waals surface area contributed by atoms with Crippen molar-refractivity contribution in [1.82, 2.24) is 0 Å². The van der Waals surface area contributed by atoms with Crippen molar-refractivity contribution in [3.8, 4) is 17.6 Å². The molecule has 1 atom stereocenters. The second kappa shape index (κ2) is 5.90. The molecule has 0 fully saturated rings. The van der Waals surface area contributed by atoms with Gasteiger partial charge in [0.15, 0.2) is 5.78 Å². The van der Waals surface area contributed by atoms with E-state index < -0.39 is 4.75 Å². The molecule has 0 saturated carbocycles. The lowest BCUT2D eigenvalue weighted by Crippen LogP contribution is -2.19. The number of carbonyl (C=O) groups is 2. The minimum Gasteiger partial charge on any atom is -0.510 e. The normalized spacial score (nSPS) is 20.8. The third-order valence-corrected chi connectivity index (χ3v) is 4.80. The molecular formula is C17H16O4S. The van der Waals surface area contributed by atoms with Gasteiger partial charge in [0.1, 0.15) is 11.5 Å². The molecule has 0 spiro atoms. The van der Waals surface area contributed by atoms with Crippen LogP contribution in [-0.4, -0.2) is 25.9 Å². The Kier molecular flexibility index (Phi) is 4.34. The van der Waals surface area contributed by atoms with Gasteiger partial charge in [-0.2, -0.15) is 0 Å². The van der Waals surface area contributed by atoms with Gasteiger partial charge in [-0.05, 0) is 39.0 Å². The van der Waals surface area contributed by atoms with Crippen LogP contribution >= 0.6 is 11.8 Å². The molecule has 0 aromatic heterocycles. The smallest absolute Gasteiger partial charge is 0.219 e. The Balaban J connectivity index is 2.17. The maximum atomic E-state index is 11.6. The lowest BCUT2D eigenvalue weighted by molar-refractivity contribution is -0.107. The first-order valence-corrected chi connectivity index (χ1v) is 7.53. The zero-order valence-corrected chi connectivity index (χ0v) is 13.4. The quantitative estimate of drug-likeness (QED) is 0.647. The van der Waals surface area contributed by atoms with E-state index in [1.54, 1.807) is 19.9 Å². The van der Waals surface area contributed by atoms with Crippen molar-refractivity contribution in [3.63, 3.8) is 0 Å². The number of phenols is 1. The number of hydrogen-bond donors (Lipinski definition) is 2. The highest BCUT2D eigenvalue weighted by Gasteiger charge is 2.41. The number of phenolic OH excluding ortho intramolecular Hbond substituents is 1. The summed E-state index contributed by atoms with van der Waals surface area (Å²) in [5.74, 6) is 5.55. The van der Waals surface area contributed by atoms with Gasteiger partial charge in [0, 0.05) is 17.6 Å². The SMILES string of the molecule is CC(=O)c1ccc(C#CCC2(C)SC(=O)C(C)=C2O)cc1O. The predicted octanol–water partition coefficient (Wildman–Crippen LogP) is 3.20. The molecule has 0 saturated heterocycles. The van der Waals surface area contributed by atoms with E-state index in [1.165, 1.54) is 19.1 Å². The van der Waals surface area contributed by atoms with E-state index in [9.17, 15) is 19.8 Å². The highest BCUT2D eigenvalue weighted by atomic mass is 32.2. The summed E-state index contributed by atoms with van der Waals surface area (Å²) < 4.78 is -0.727. The monoisotopic (exact) mass is 316 g/mol. The van der Waals surface area contributed by atoms with E-state index >= 15 is 0 Å². The van der Waals surface area contributed by atoms with Gasteiger partial charge in [-0.15, -0.1) is 0 Å². The van der Waals surface area contributed by atoms with E-state index in [2.05, 4.69) is 11.8 Å². The number of thioether (sulfide) groups is 1. The maximum absolute atomic E-state index is 11.6. The number of hydrogen-bond acceptors (Lipinski definition) is 5. The standard InChI is InChI=1S/C17H16O4S/c1-10-15(20)17(3,22-16(10)21)8-4-5-12-6-7-13(11(2)18)14(19)9-12/h6-7,9,19-20H,8H2,1-3H3. The van der Waals surface area contributed by atoms with E-state index in [-0.39, 0.29) is 28.0 Å². The number of rotatable bonds is 2. The number of Topliss-reactive ketones (excluding diaryl/α,β-unsaturated/α-hetero) is 1. The first-order chi connectivity index (χ1) is 10.2. The van der Waals surface area contributed by atoms with Crippen LogP contribution in [0.5, 0.6) is 5.75 Å². The van der Waals surface area contributed by atoms with E-state index in [0.717, 1.165) is 11.8 Å². The predicted molar refractivity (Wildman–Crippen MR) is 85.9 cm³/mol. The summed E-state index contributed by atoms with van der Waals surface area (Å²) in [6, 6.07) is 4.61. The van der Waals surface area contributed by atoms with Crippen LogP contribution in [0.3, 0.4) is 0 Å². The van der Waals surface area contributed by atoms with E-state index in [0.29, 0.717) is 17.6 Å². The summed E-state index contributed by atoms with van der Waals surface area (Å²) in [5.41, 5.74) is 1.20. The number of carbonyl (C=O) groups excluding carboxylic acids is 2. The molecule has 1 aromatic carbocycles. The molecule has 1 aromatic rings. The number of benzene rings is 1. The maximum Gasteiger partial charge on any atom is 0.219 e. The van der Waals surface area contributed by atoms with Crippen LogP contribution in [0.25, 0.3) is 0 Å². The van der Waals surface area contributed by atoms with E-state index in [4.69, 9.17) is 0 Å². The summed E-state index contributed by atoms with van der Waals surface area (Å²) >= 11 is 1.07. The Morgan fingerprint density at radius 1 is 1.36 bits per heavy atom.